The number of ether oxygens (including phenoxy) is 2. The smallest absolute Gasteiger partial charge is 0.338 e. The van der Waals surface area contributed by atoms with Crippen molar-refractivity contribution >= 4 is 58.3 Å². The molecular weight excluding hydrogens is 889 g/mol. The summed E-state index contributed by atoms with van der Waals surface area (Å²) in [7, 11) is 2.82. The number of esters is 2. The van der Waals surface area contributed by atoms with Gasteiger partial charge in [0.15, 0.2) is 0 Å². The van der Waals surface area contributed by atoms with E-state index in [4.69, 9.17) is 19.4 Å². The molecule has 5 heterocycles. The largest absolute Gasteiger partial charge is 0.465 e. The second-order valence-corrected chi connectivity index (χ2v) is 23.2. The van der Waals surface area contributed by atoms with E-state index in [-0.39, 0.29) is 21.7 Å². The Kier molecular flexibility index (Phi) is 12.5. The average Bonchev–Trinajstić information content (AvgIpc) is 4.19. The van der Waals surface area contributed by atoms with Crippen molar-refractivity contribution in [2.24, 2.45) is 0 Å². The van der Waals surface area contributed by atoms with E-state index in [9.17, 15) is 9.59 Å². The maximum atomic E-state index is 13.7. The molecule has 8 nitrogen and oxygen atoms in total. The molecule has 0 spiro atoms. The maximum absolute atomic E-state index is 13.7. The van der Waals surface area contributed by atoms with Gasteiger partial charge < -0.3 is 19.4 Å². The van der Waals surface area contributed by atoms with Crippen LogP contribution in [0.25, 0.3) is 90.9 Å². The van der Waals surface area contributed by atoms with Crippen molar-refractivity contribution in [3.63, 3.8) is 0 Å². The van der Waals surface area contributed by atoms with Gasteiger partial charge in [-0.1, -0.05) is 156 Å². The number of benzene rings is 4. The van der Waals surface area contributed by atoms with Crippen LogP contribution in [-0.4, -0.2) is 46.1 Å². The highest BCUT2D eigenvalue weighted by atomic mass is 16.5. The summed E-state index contributed by atoms with van der Waals surface area (Å²) in [5.41, 5.74) is 17.6. The Morgan fingerprint density at radius 3 is 1.00 bits per heavy atom. The molecule has 2 aliphatic heterocycles. The zero-order chi connectivity index (χ0) is 51.7. The first-order valence-electron chi connectivity index (χ1n) is 24.8. The summed E-state index contributed by atoms with van der Waals surface area (Å²) < 4.78 is 10.8. The Morgan fingerprint density at radius 1 is 0.389 bits per heavy atom. The molecule has 0 amide bonds. The van der Waals surface area contributed by atoms with Gasteiger partial charge in [0, 0.05) is 55.4 Å². The summed E-state index contributed by atoms with van der Waals surface area (Å²) in [5.74, 6) is -0.891. The molecule has 366 valence electrons. The number of H-pyrrole nitrogens is 2. The number of carbonyl (C=O) groups excluding carboxylic acids is 2. The molecule has 8 heteroatoms. The van der Waals surface area contributed by atoms with Crippen LogP contribution in [0, 0.1) is 0 Å². The number of aromatic amines is 2. The van der Waals surface area contributed by atoms with E-state index in [0.29, 0.717) is 39.2 Å². The number of aromatic nitrogens is 4. The van der Waals surface area contributed by atoms with Crippen molar-refractivity contribution in [2.45, 2.75) is 105 Å². The highest BCUT2D eigenvalue weighted by Gasteiger charge is 2.28. The average molecular weight is 955 g/mol. The molecule has 2 aliphatic rings. The summed E-state index contributed by atoms with van der Waals surface area (Å²) in [5, 5.41) is 0. The Labute approximate surface area is 424 Å². The van der Waals surface area contributed by atoms with E-state index in [2.05, 4.69) is 166 Å². The first kappa shape index (κ1) is 49.4. The summed E-state index contributed by atoms with van der Waals surface area (Å²) in [6.07, 6.45) is 8.18. The summed E-state index contributed by atoms with van der Waals surface area (Å²) >= 11 is 0. The van der Waals surface area contributed by atoms with E-state index in [1.165, 1.54) is 36.5 Å². The molecule has 0 atom stereocenters. The summed E-state index contributed by atoms with van der Waals surface area (Å²) in [6, 6.07) is 37.3. The van der Waals surface area contributed by atoms with Crippen molar-refractivity contribution in [3.05, 3.63) is 165 Å². The predicted octanol–water partition coefficient (Wildman–Crippen LogP) is 16.1. The van der Waals surface area contributed by atoms with Crippen molar-refractivity contribution < 1.29 is 19.1 Å². The third-order valence-corrected chi connectivity index (χ3v) is 13.9. The number of nitrogens with one attached hydrogen (secondary N) is 2. The van der Waals surface area contributed by atoms with Crippen LogP contribution in [0.1, 0.15) is 149 Å². The molecule has 0 fully saturated rings. The number of fused-ring (bicyclic) bond motifs is 8. The number of carbonyl (C=O) groups is 2. The summed E-state index contributed by atoms with van der Waals surface area (Å²) in [6.45, 7) is 26.9. The molecule has 8 bridgehead atoms. The van der Waals surface area contributed by atoms with Crippen LogP contribution in [0.15, 0.2) is 109 Å². The molecule has 72 heavy (non-hydrogen) atoms. The van der Waals surface area contributed by atoms with Crippen molar-refractivity contribution in [1.29, 1.82) is 0 Å². The highest BCUT2D eigenvalue weighted by molar-refractivity contribution is 6.06. The van der Waals surface area contributed by atoms with Gasteiger partial charge in [-0.25, -0.2) is 19.6 Å². The molecule has 0 unspecified atom stereocenters. The van der Waals surface area contributed by atoms with Crippen LogP contribution < -0.4 is 0 Å². The predicted molar refractivity (Wildman–Crippen MR) is 298 cm³/mol. The zero-order valence-corrected chi connectivity index (χ0v) is 44.2. The van der Waals surface area contributed by atoms with Crippen molar-refractivity contribution in [3.8, 4) is 44.5 Å². The number of hydrogen-bond donors (Lipinski definition) is 2. The molecule has 7 aromatic rings. The van der Waals surface area contributed by atoms with Crippen LogP contribution in [-0.2, 0) is 31.1 Å². The number of nitrogens with zero attached hydrogens (tertiary/aromatic N) is 2. The van der Waals surface area contributed by atoms with Crippen molar-refractivity contribution in [1.82, 2.24) is 19.9 Å². The zero-order valence-electron chi connectivity index (χ0n) is 44.2. The SMILES string of the molecule is COC(=O)c1ccccc1-c1c2nc(c(-c3cc(C(C)(C)C)cc(C(C)(C)C)c3)c3ccc([nH]3)c(-c3ccccc3C(=O)OC)c3ccc([nH]3)c(-c3cc(C(C)(C)C)cc(C(C)(C)C)c3)c3nc1C=C3)C=C2. The lowest BCUT2D eigenvalue weighted by atomic mass is 9.78. The minimum Gasteiger partial charge on any atom is -0.465 e. The monoisotopic (exact) mass is 955 g/mol. The normalized spacial score (nSPS) is 12.9. The molecule has 0 aliphatic carbocycles. The van der Waals surface area contributed by atoms with Gasteiger partial charge in [-0.05, 0) is 116 Å². The third kappa shape index (κ3) is 9.38. The van der Waals surface area contributed by atoms with E-state index in [0.717, 1.165) is 61.3 Å². The molecule has 0 saturated carbocycles. The van der Waals surface area contributed by atoms with Crippen molar-refractivity contribution in [2.75, 3.05) is 14.2 Å². The van der Waals surface area contributed by atoms with Gasteiger partial charge in [-0.15, -0.1) is 0 Å². The van der Waals surface area contributed by atoms with Crippen LogP contribution in [0.2, 0.25) is 0 Å². The first-order chi connectivity index (χ1) is 33.9. The highest BCUT2D eigenvalue weighted by Crippen LogP contribution is 2.43. The Morgan fingerprint density at radius 2 is 0.681 bits per heavy atom. The van der Waals surface area contributed by atoms with Gasteiger partial charge in [0.05, 0.1) is 48.1 Å². The first-order valence-corrected chi connectivity index (χ1v) is 24.8. The molecule has 3 aromatic heterocycles. The van der Waals surface area contributed by atoms with Gasteiger partial charge >= 0.3 is 11.9 Å². The molecule has 4 aromatic carbocycles. The standard InChI is InChI=1S/C64H66N4O4/c1-61(2,3)39-31-37(32-40(35-39)62(4,5)6)55-47-23-27-51(65-47)57(43-19-15-17-21-45(43)59(69)71-13)53-29-25-49(67-53)56(38-33-41(63(7,8)9)36-42(34-38)64(10,11)12)50-26-30-54(68-50)58(52-28-24-48(55)66-52)44-20-16-18-22-46(44)60(70)72-14/h15-36,65,67H,1-14H3. The molecule has 0 saturated heterocycles. The quantitative estimate of drug-likeness (QED) is 0.161. The van der Waals surface area contributed by atoms with Gasteiger partial charge in [-0.3, -0.25) is 0 Å². The number of methoxy groups -OCH3 is 2. The van der Waals surface area contributed by atoms with Gasteiger partial charge in [0.1, 0.15) is 0 Å². The lowest BCUT2D eigenvalue weighted by Crippen LogP contribution is -2.16. The van der Waals surface area contributed by atoms with E-state index < -0.39 is 11.9 Å². The van der Waals surface area contributed by atoms with Gasteiger partial charge in [0.2, 0.25) is 0 Å². The van der Waals surface area contributed by atoms with Crippen LogP contribution in [0.4, 0.5) is 0 Å². The topological polar surface area (TPSA) is 110 Å². The second kappa shape index (κ2) is 18.2. The molecule has 9 rings (SSSR count). The van der Waals surface area contributed by atoms with Gasteiger partial charge in [0.25, 0.3) is 0 Å². The van der Waals surface area contributed by atoms with Crippen LogP contribution >= 0.6 is 0 Å². The van der Waals surface area contributed by atoms with Crippen LogP contribution in [0.5, 0.6) is 0 Å². The maximum Gasteiger partial charge on any atom is 0.338 e. The van der Waals surface area contributed by atoms with Gasteiger partial charge in [-0.2, -0.15) is 0 Å². The Hall–Kier alpha value is -7.58. The van der Waals surface area contributed by atoms with E-state index in [1.54, 1.807) is 6.07 Å². The lowest BCUT2D eigenvalue weighted by Gasteiger charge is -2.26. The van der Waals surface area contributed by atoms with E-state index >= 15 is 0 Å². The Balaban J connectivity index is 1.53. The molecule has 0 radical (unpaired) electrons. The fourth-order valence-corrected chi connectivity index (χ4v) is 9.63. The van der Waals surface area contributed by atoms with Crippen LogP contribution in [0.3, 0.4) is 0 Å². The fourth-order valence-electron chi connectivity index (χ4n) is 9.63. The Bertz CT molecular complexity index is 3330. The molecule has 2 N–H and O–H groups in total. The minimum absolute atomic E-state index is 0.164. The fraction of sp³-hybridized carbons (Fsp3) is 0.281. The number of hydrogen-bond acceptors (Lipinski definition) is 6. The summed E-state index contributed by atoms with van der Waals surface area (Å²) in [4.78, 5) is 46.3. The third-order valence-electron chi connectivity index (χ3n) is 13.9. The lowest BCUT2D eigenvalue weighted by molar-refractivity contribution is 0.0592. The second-order valence-electron chi connectivity index (χ2n) is 23.2. The molecular formula is C64H66N4O4. The van der Waals surface area contributed by atoms with E-state index in [1.807, 2.05) is 54.6 Å². The minimum atomic E-state index is -0.454. The number of rotatable bonds is 6.